The van der Waals surface area contributed by atoms with Crippen LogP contribution in [0.1, 0.15) is 107 Å². The summed E-state index contributed by atoms with van der Waals surface area (Å²) < 4.78 is 17.7. The minimum Gasteiger partial charge on any atom is -0.391 e. The number of nitrogens with two attached hydrogens (primary N) is 1. The van der Waals surface area contributed by atoms with Crippen LogP contribution in [-0.4, -0.2) is 76.2 Å². The summed E-state index contributed by atoms with van der Waals surface area (Å²) in [6.07, 6.45) is 7.48. The van der Waals surface area contributed by atoms with Crippen LogP contribution in [0.5, 0.6) is 0 Å². The molecule has 0 fully saturated rings. The van der Waals surface area contributed by atoms with E-state index in [0.717, 1.165) is 38.7 Å². The molecule has 2 unspecified atom stereocenters. The second-order valence-electron chi connectivity index (χ2n) is 11.8. The molecule has 0 spiro atoms. The molecule has 7 nitrogen and oxygen atoms in total. The van der Waals surface area contributed by atoms with Gasteiger partial charge in [0, 0.05) is 42.8 Å². The van der Waals surface area contributed by atoms with Crippen molar-refractivity contribution in [1.82, 2.24) is 4.98 Å². The molecule has 0 radical (unpaired) electrons. The van der Waals surface area contributed by atoms with Crippen LogP contribution >= 0.6 is 0 Å². The third-order valence-corrected chi connectivity index (χ3v) is 22.4. The van der Waals surface area contributed by atoms with Crippen LogP contribution in [0.15, 0.2) is 0 Å². The SMILES string of the molecule is CCCOC(C)(C)CCOC(C)(C)CCOCCC(=O)N[SiH2][SiH2][SiH2][C@@H](CCC(CC)C(C)CC)C(N)=O. The van der Waals surface area contributed by atoms with E-state index in [2.05, 4.69) is 60.4 Å². The molecule has 3 N–H and O–H groups in total. The Kier molecular flexibility index (Phi) is 20.1. The minimum atomic E-state index is -0.554. The molecule has 0 aliphatic heterocycles. The molecule has 10 heteroatoms. The molecule has 3 atom stereocenters. The highest BCUT2D eigenvalue weighted by Gasteiger charge is 2.23. The third-order valence-electron chi connectivity index (χ3n) is 7.53. The zero-order valence-electron chi connectivity index (χ0n) is 25.5. The highest BCUT2D eigenvalue weighted by Crippen LogP contribution is 2.27. The number of hydrogen-bond acceptors (Lipinski definition) is 5. The predicted molar refractivity (Wildman–Crippen MR) is 164 cm³/mol. The van der Waals surface area contributed by atoms with Gasteiger partial charge < -0.3 is 24.9 Å². The highest BCUT2D eigenvalue weighted by atomic mass is 29.5. The zero-order valence-corrected chi connectivity index (χ0v) is 29.7. The summed E-state index contributed by atoms with van der Waals surface area (Å²) >= 11 is 0. The van der Waals surface area contributed by atoms with Crippen LogP contribution in [0, 0.1) is 11.8 Å². The predicted octanol–water partition coefficient (Wildman–Crippen LogP) is 2.67. The maximum Gasteiger partial charge on any atom is 0.216 e. The average molecular weight is 577 g/mol. The smallest absolute Gasteiger partial charge is 0.216 e. The Morgan fingerprint density at radius 1 is 0.892 bits per heavy atom. The molecule has 220 valence electrons. The lowest BCUT2D eigenvalue weighted by Crippen LogP contribution is -2.37. The second-order valence-corrected chi connectivity index (χ2v) is 26.6. The molecule has 0 aromatic heterocycles. The van der Waals surface area contributed by atoms with E-state index in [9.17, 15) is 9.59 Å². The van der Waals surface area contributed by atoms with Gasteiger partial charge in [-0.3, -0.25) is 9.59 Å². The van der Waals surface area contributed by atoms with Crippen molar-refractivity contribution in [3.63, 3.8) is 0 Å². The second kappa shape index (κ2) is 20.4. The van der Waals surface area contributed by atoms with Crippen molar-refractivity contribution >= 4 is 38.6 Å². The minimum absolute atomic E-state index is 0.0939. The fourth-order valence-electron chi connectivity index (χ4n) is 4.41. The summed E-state index contributed by atoms with van der Waals surface area (Å²) in [5.41, 5.74) is 5.40. The Morgan fingerprint density at radius 3 is 2.08 bits per heavy atom. The average Bonchev–Trinajstić information content (AvgIpc) is 2.83. The molecule has 0 aliphatic carbocycles. The van der Waals surface area contributed by atoms with Crippen molar-refractivity contribution in [2.24, 2.45) is 17.6 Å². The quantitative estimate of drug-likeness (QED) is 0.136. The van der Waals surface area contributed by atoms with E-state index in [1.54, 1.807) is 0 Å². The molecular weight excluding hydrogens is 517 g/mol. The first kappa shape index (κ1) is 36.5. The lowest BCUT2D eigenvalue weighted by Gasteiger charge is -2.29. The van der Waals surface area contributed by atoms with E-state index in [1.807, 2.05) is 0 Å². The first-order valence-corrected chi connectivity index (χ1v) is 24.3. The zero-order chi connectivity index (χ0) is 28.3. The van der Waals surface area contributed by atoms with Crippen LogP contribution in [0.25, 0.3) is 0 Å². The number of hydrogen-bond donors (Lipinski definition) is 2. The largest absolute Gasteiger partial charge is 0.391 e. The van der Waals surface area contributed by atoms with Gasteiger partial charge >= 0.3 is 0 Å². The molecule has 0 rings (SSSR count). The molecule has 37 heavy (non-hydrogen) atoms. The van der Waals surface area contributed by atoms with Gasteiger partial charge in [0.05, 0.1) is 24.4 Å². The third kappa shape index (κ3) is 19.2. The van der Waals surface area contributed by atoms with Gasteiger partial charge in [0.25, 0.3) is 0 Å². The number of nitrogens with one attached hydrogen (secondary N) is 1. The summed E-state index contributed by atoms with van der Waals surface area (Å²) in [5.74, 6) is 1.38. The molecule has 0 bridgehead atoms. The van der Waals surface area contributed by atoms with Crippen LogP contribution in [0.3, 0.4) is 0 Å². The van der Waals surface area contributed by atoms with Crippen molar-refractivity contribution in [3.05, 3.63) is 0 Å². The van der Waals surface area contributed by atoms with Gasteiger partial charge in [-0.05, 0) is 71.6 Å². The van der Waals surface area contributed by atoms with Crippen molar-refractivity contribution in [2.75, 3.05) is 26.4 Å². The number of rotatable bonds is 24. The van der Waals surface area contributed by atoms with Gasteiger partial charge in [0.15, 0.2) is 0 Å². The number of amides is 2. The van der Waals surface area contributed by atoms with Crippen LogP contribution in [-0.2, 0) is 23.8 Å². The van der Waals surface area contributed by atoms with Crippen molar-refractivity contribution in [1.29, 1.82) is 0 Å². The Hall–Kier alpha value is -0.529. The highest BCUT2D eigenvalue weighted by molar-refractivity contribution is 7.29. The summed E-state index contributed by atoms with van der Waals surface area (Å²) in [6.45, 7) is 19.7. The van der Waals surface area contributed by atoms with Gasteiger partial charge in [0.2, 0.25) is 11.8 Å². The van der Waals surface area contributed by atoms with E-state index in [-0.39, 0.29) is 37.1 Å². The molecule has 0 aliphatic rings. The number of ether oxygens (including phenoxy) is 3. The van der Waals surface area contributed by atoms with Crippen molar-refractivity contribution in [2.45, 2.75) is 123 Å². The van der Waals surface area contributed by atoms with Crippen molar-refractivity contribution in [3.8, 4) is 0 Å². The standard InChI is InChI=1S/C27H60N2O5Si3/c1-9-17-33-27(7,8)16-20-34-26(5,6)15-19-32-18-14-24(30)29-36-37-35-23(25(28)31)13-12-22(11-3)21(4)10-2/h21-23H,9-20,35-37H2,1-8H3,(H2,28,31)(H,29,30)/t21?,22?,23-/m0/s1. The Labute approximate surface area is 234 Å². The normalized spacial score (nSPS) is 15.8. The lowest BCUT2D eigenvalue weighted by atomic mass is 9.85. The van der Waals surface area contributed by atoms with Gasteiger partial charge in [0.1, 0.15) is 9.20 Å². The summed E-state index contributed by atoms with van der Waals surface area (Å²) in [7, 11) is -1.30. The summed E-state index contributed by atoms with van der Waals surface area (Å²) in [4.78, 5) is 27.3. The van der Waals surface area contributed by atoms with Crippen LogP contribution < -0.4 is 10.7 Å². The van der Waals surface area contributed by atoms with Gasteiger partial charge in [-0.15, -0.1) is 0 Å². The molecule has 0 aromatic carbocycles. The topological polar surface area (TPSA) is 99.9 Å². The summed E-state index contributed by atoms with van der Waals surface area (Å²) in [6, 6.07) is 0. The molecule has 2 amide bonds. The van der Waals surface area contributed by atoms with Gasteiger partial charge in [-0.1, -0.05) is 40.5 Å². The maximum absolute atomic E-state index is 12.2. The lowest BCUT2D eigenvalue weighted by molar-refractivity contribution is -0.120. The fourth-order valence-corrected chi connectivity index (χ4v) is 19.6. The monoisotopic (exact) mass is 576 g/mol. The van der Waals surface area contributed by atoms with E-state index in [4.69, 9.17) is 19.9 Å². The number of primary amides is 1. The Morgan fingerprint density at radius 2 is 1.51 bits per heavy atom. The Balaban J connectivity index is 4.02. The van der Waals surface area contributed by atoms with Crippen LogP contribution in [0.4, 0.5) is 0 Å². The van der Waals surface area contributed by atoms with Crippen molar-refractivity contribution < 1.29 is 23.8 Å². The van der Waals surface area contributed by atoms with E-state index in [0.29, 0.717) is 38.1 Å². The van der Waals surface area contributed by atoms with E-state index in [1.165, 1.54) is 12.8 Å². The Bertz CT molecular complexity index is 623. The fraction of sp³-hybridized carbons (Fsp3) is 0.926. The number of carbonyl (C=O) groups excluding carboxylic acids is 2. The maximum atomic E-state index is 12.2. The van der Waals surface area contributed by atoms with E-state index < -0.39 is 18.2 Å². The van der Waals surface area contributed by atoms with E-state index >= 15 is 0 Å². The van der Waals surface area contributed by atoms with Crippen LogP contribution in [0.2, 0.25) is 5.54 Å². The van der Waals surface area contributed by atoms with Gasteiger partial charge in [-0.25, -0.2) is 0 Å². The molecule has 0 saturated heterocycles. The summed E-state index contributed by atoms with van der Waals surface area (Å²) in [5, 5.41) is 0. The molecule has 0 aromatic rings. The molecule has 0 heterocycles. The van der Waals surface area contributed by atoms with Gasteiger partial charge in [-0.2, -0.15) is 0 Å². The number of carbonyl (C=O) groups is 2. The first-order chi connectivity index (χ1) is 17.4. The molecular formula is C27H60N2O5Si3. The molecule has 0 saturated carbocycles. The first-order valence-electron chi connectivity index (χ1n) is 14.8.